The summed E-state index contributed by atoms with van der Waals surface area (Å²) >= 11 is 0. The largest absolute Gasteiger partial charge is 0.388 e. The Morgan fingerprint density at radius 1 is 1.06 bits per heavy atom. The van der Waals surface area contributed by atoms with Crippen LogP contribution in [0, 0.1) is 19.8 Å². The normalized spacial score (nSPS) is 19.7. The van der Waals surface area contributed by atoms with Gasteiger partial charge < -0.3 is 5.11 Å². The van der Waals surface area contributed by atoms with E-state index in [1.165, 1.54) is 48.8 Å². The molecule has 0 aliphatic heterocycles. The molecule has 88 valence electrons. The van der Waals surface area contributed by atoms with Gasteiger partial charge in [0.05, 0.1) is 6.10 Å². The highest BCUT2D eigenvalue weighted by Gasteiger charge is 2.24. The maximum absolute atomic E-state index is 10.5. The van der Waals surface area contributed by atoms with E-state index >= 15 is 0 Å². The van der Waals surface area contributed by atoms with Crippen molar-refractivity contribution in [2.45, 2.75) is 52.1 Å². The molecule has 16 heavy (non-hydrogen) atoms. The van der Waals surface area contributed by atoms with Gasteiger partial charge in [0.1, 0.15) is 0 Å². The van der Waals surface area contributed by atoms with Gasteiger partial charge in [0.15, 0.2) is 0 Å². The summed E-state index contributed by atoms with van der Waals surface area (Å²) in [5.74, 6) is 0.480. The molecule has 0 bridgehead atoms. The van der Waals surface area contributed by atoms with Crippen LogP contribution < -0.4 is 0 Å². The van der Waals surface area contributed by atoms with E-state index in [9.17, 15) is 5.11 Å². The van der Waals surface area contributed by atoms with Crippen molar-refractivity contribution in [2.75, 3.05) is 0 Å². The van der Waals surface area contributed by atoms with Crippen molar-refractivity contribution < 1.29 is 5.11 Å². The first-order valence-corrected chi connectivity index (χ1v) is 6.44. The number of aliphatic hydroxyl groups excluding tert-OH is 1. The minimum absolute atomic E-state index is 0.249. The van der Waals surface area contributed by atoms with Crippen molar-refractivity contribution >= 4 is 0 Å². The van der Waals surface area contributed by atoms with Crippen LogP contribution in [0.1, 0.15) is 54.9 Å². The third-order valence-corrected chi connectivity index (χ3v) is 3.93. The van der Waals surface area contributed by atoms with E-state index in [1.807, 2.05) is 0 Å². The molecule has 0 aromatic heterocycles. The second kappa shape index (κ2) is 5.01. The van der Waals surface area contributed by atoms with E-state index in [4.69, 9.17) is 0 Å². The molecular formula is C15H22O. The average molecular weight is 218 g/mol. The van der Waals surface area contributed by atoms with E-state index in [2.05, 4.69) is 32.0 Å². The molecule has 1 atom stereocenters. The highest BCUT2D eigenvalue weighted by atomic mass is 16.3. The molecule has 0 spiro atoms. The maximum Gasteiger partial charge on any atom is 0.0823 e. The number of benzene rings is 1. The van der Waals surface area contributed by atoms with Gasteiger partial charge in [-0.25, -0.2) is 0 Å². The molecule has 1 nitrogen and oxygen atoms in total. The van der Waals surface area contributed by atoms with Crippen LogP contribution in [-0.4, -0.2) is 5.11 Å². The van der Waals surface area contributed by atoms with Gasteiger partial charge in [-0.1, -0.05) is 37.5 Å². The first-order valence-electron chi connectivity index (χ1n) is 6.44. The monoisotopic (exact) mass is 218 g/mol. The molecule has 1 N–H and O–H groups in total. The quantitative estimate of drug-likeness (QED) is 0.797. The SMILES string of the molecule is Cc1cccc(C)c1C(O)C1CCCCC1. The predicted molar refractivity (Wildman–Crippen MR) is 67.5 cm³/mol. The molecule has 0 saturated heterocycles. The van der Waals surface area contributed by atoms with Crippen molar-refractivity contribution in [2.24, 2.45) is 5.92 Å². The van der Waals surface area contributed by atoms with E-state index < -0.39 is 0 Å². The van der Waals surface area contributed by atoms with Crippen LogP contribution in [0.25, 0.3) is 0 Å². The van der Waals surface area contributed by atoms with Crippen molar-refractivity contribution in [3.8, 4) is 0 Å². The maximum atomic E-state index is 10.5. The molecule has 0 radical (unpaired) electrons. The molecular weight excluding hydrogens is 196 g/mol. The third kappa shape index (κ3) is 2.30. The second-order valence-electron chi connectivity index (χ2n) is 5.15. The third-order valence-electron chi connectivity index (χ3n) is 3.93. The minimum atomic E-state index is -0.249. The molecule has 1 heteroatoms. The van der Waals surface area contributed by atoms with Gasteiger partial charge in [0.2, 0.25) is 0 Å². The van der Waals surface area contributed by atoms with E-state index in [-0.39, 0.29) is 6.10 Å². The molecule has 1 fully saturated rings. The van der Waals surface area contributed by atoms with Crippen LogP contribution in [0.3, 0.4) is 0 Å². The van der Waals surface area contributed by atoms with Crippen molar-refractivity contribution in [3.05, 3.63) is 34.9 Å². The Labute approximate surface area is 98.5 Å². The lowest BCUT2D eigenvalue weighted by Gasteiger charge is -2.28. The van der Waals surface area contributed by atoms with Crippen LogP contribution in [-0.2, 0) is 0 Å². The van der Waals surface area contributed by atoms with Crippen LogP contribution >= 0.6 is 0 Å². The fourth-order valence-electron chi connectivity index (χ4n) is 2.98. The van der Waals surface area contributed by atoms with E-state index in [1.54, 1.807) is 0 Å². The zero-order valence-corrected chi connectivity index (χ0v) is 10.4. The van der Waals surface area contributed by atoms with Gasteiger partial charge in [-0.05, 0) is 49.3 Å². The highest BCUT2D eigenvalue weighted by Crippen LogP contribution is 2.36. The number of rotatable bonds is 2. The molecule has 0 heterocycles. The lowest BCUT2D eigenvalue weighted by molar-refractivity contribution is 0.0838. The molecule has 1 aromatic rings. The first kappa shape index (κ1) is 11.7. The molecule has 1 aromatic carbocycles. The number of aryl methyl sites for hydroxylation is 2. The topological polar surface area (TPSA) is 20.2 Å². The molecule has 1 saturated carbocycles. The molecule has 0 amide bonds. The summed E-state index contributed by atoms with van der Waals surface area (Å²) in [6.07, 6.45) is 6.04. The van der Waals surface area contributed by atoms with Crippen molar-refractivity contribution in [1.29, 1.82) is 0 Å². The Morgan fingerprint density at radius 3 is 2.19 bits per heavy atom. The van der Waals surface area contributed by atoms with Crippen LogP contribution in [0.2, 0.25) is 0 Å². The molecule has 1 unspecified atom stereocenters. The summed E-state index contributed by atoms with van der Waals surface area (Å²) in [4.78, 5) is 0. The number of hydrogen-bond acceptors (Lipinski definition) is 1. The van der Waals surface area contributed by atoms with Gasteiger partial charge in [-0.3, -0.25) is 0 Å². The summed E-state index contributed by atoms with van der Waals surface area (Å²) in [5, 5.41) is 10.5. The number of aliphatic hydroxyl groups is 1. The summed E-state index contributed by atoms with van der Waals surface area (Å²) in [6.45, 7) is 4.21. The zero-order chi connectivity index (χ0) is 11.5. The van der Waals surface area contributed by atoms with E-state index in [0.29, 0.717) is 5.92 Å². The standard InChI is InChI=1S/C15H22O/c1-11-7-6-8-12(2)14(11)15(16)13-9-4-3-5-10-13/h6-8,13,15-16H,3-5,9-10H2,1-2H3. The first-order chi connectivity index (χ1) is 7.70. The Balaban J connectivity index is 2.22. The Hall–Kier alpha value is -0.820. The summed E-state index contributed by atoms with van der Waals surface area (Å²) in [6, 6.07) is 6.28. The fourth-order valence-corrected chi connectivity index (χ4v) is 2.98. The lowest BCUT2D eigenvalue weighted by Crippen LogP contribution is -2.17. The summed E-state index contributed by atoms with van der Waals surface area (Å²) in [7, 11) is 0. The Bertz CT molecular complexity index is 330. The Kier molecular flexibility index (Phi) is 3.65. The van der Waals surface area contributed by atoms with Crippen LogP contribution in [0.5, 0.6) is 0 Å². The molecule has 1 aliphatic rings. The predicted octanol–water partition coefficient (Wildman–Crippen LogP) is 3.92. The van der Waals surface area contributed by atoms with Gasteiger partial charge >= 0.3 is 0 Å². The molecule has 1 aliphatic carbocycles. The lowest BCUT2D eigenvalue weighted by atomic mass is 9.80. The van der Waals surface area contributed by atoms with Gasteiger partial charge in [0.25, 0.3) is 0 Å². The van der Waals surface area contributed by atoms with Crippen molar-refractivity contribution in [1.82, 2.24) is 0 Å². The molecule has 2 rings (SSSR count). The smallest absolute Gasteiger partial charge is 0.0823 e. The van der Waals surface area contributed by atoms with Crippen LogP contribution in [0.4, 0.5) is 0 Å². The Morgan fingerprint density at radius 2 is 1.62 bits per heavy atom. The average Bonchev–Trinajstić information content (AvgIpc) is 2.30. The summed E-state index contributed by atoms with van der Waals surface area (Å²) < 4.78 is 0. The van der Waals surface area contributed by atoms with E-state index in [0.717, 1.165) is 0 Å². The summed E-state index contributed by atoms with van der Waals surface area (Å²) in [5.41, 5.74) is 3.64. The van der Waals surface area contributed by atoms with Gasteiger partial charge in [0, 0.05) is 0 Å². The van der Waals surface area contributed by atoms with Gasteiger partial charge in [-0.15, -0.1) is 0 Å². The minimum Gasteiger partial charge on any atom is -0.388 e. The number of hydrogen-bond donors (Lipinski definition) is 1. The van der Waals surface area contributed by atoms with Crippen molar-refractivity contribution in [3.63, 3.8) is 0 Å². The second-order valence-corrected chi connectivity index (χ2v) is 5.15. The zero-order valence-electron chi connectivity index (χ0n) is 10.4. The van der Waals surface area contributed by atoms with Gasteiger partial charge in [-0.2, -0.15) is 0 Å². The fraction of sp³-hybridized carbons (Fsp3) is 0.600. The highest BCUT2D eigenvalue weighted by molar-refractivity contribution is 5.35. The van der Waals surface area contributed by atoms with Crippen LogP contribution in [0.15, 0.2) is 18.2 Å².